The van der Waals surface area contributed by atoms with Crippen molar-refractivity contribution in [2.45, 2.75) is 45.1 Å². The first-order valence-electron chi connectivity index (χ1n) is 14.0. The van der Waals surface area contributed by atoms with E-state index in [1.165, 1.54) is 6.07 Å². The number of nitro groups is 1. The number of ether oxygens (including phenoxy) is 3. The minimum Gasteiger partial charge on any atom is -0.493 e. The van der Waals surface area contributed by atoms with Gasteiger partial charge < -0.3 is 19.3 Å². The van der Waals surface area contributed by atoms with E-state index in [1.807, 2.05) is 66.7 Å². The van der Waals surface area contributed by atoms with Crippen LogP contribution in [0.1, 0.15) is 41.7 Å². The minimum absolute atomic E-state index is 0.108. The fraction of sp³-hybridized carbons (Fsp3) is 0.294. The number of aryl methyl sites for hydroxylation is 1. The van der Waals surface area contributed by atoms with Gasteiger partial charge in [-0.15, -0.1) is 0 Å². The number of hydrogen-bond donors (Lipinski definition) is 1. The molecule has 0 saturated carbocycles. The fourth-order valence-electron chi connectivity index (χ4n) is 4.88. The second-order valence-corrected chi connectivity index (χ2v) is 10.3. The van der Waals surface area contributed by atoms with E-state index < -0.39 is 11.0 Å². The van der Waals surface area contributed by atoms with Crippen LogP contribution in [0.3, 0.4) is 0 Å². The van der Waals surface area contributed by atoms with Crippen LogP contribution in [-0.2, 0) is 19.6 Å². The van der Waals surface area contributed by atoms with Gasteiger partial charge in [-0.2, -0.15) is 0 Å². The van der Waals surface area contributed by atoms with Crippen molar-refractivity contribution in [2.75, 3.05) is 20.8 Å². The van der Waals surface area contributed by atoms with E-state index in [2.05, 4.69) is 24.0 Å². The van der Waals surface area contributed by atoms with Gasteiger partial charge in [-0.1, -0.05) is 72.8 Å². The molecule has 0 aliphatic heterocycles. The van der Waals surface area contributed by atoms with Crippen molar-refractivity contribution in [3.8, 4) is 17.2 Å². The number of aliphatic hydroxyl groups excluding tert-OH is 1. The Balaban J connectivity index is 1.49. The number of rotatable bonds is 15. The molecule has 220 valence electrons. The quantitative estimate of drug-likeness (QED) is 0.125. The Morgan fingerprint density at radius 1 is 0.810 bits per heavy atom. The van der Waals surface area contributed by atoms with Crippen LogP contribution < -0.4 is 14.2 Å². The van der Waals surface area contributed by atoms with Crippen molar-refractivity contribution < 1.29 is 24.2 Å². The van der Waals surface area contributed by atoms with Gasteiger partial charge in [-0.25, -0.2) is 0 Å². The van der Waals surface area contributed by atoms with E-state index >= 15 is 0 Å². The largest absolute Gasteiger partial charge is 0.493 e. The Kier molecular flexibility index (Phi) is 10.9. The van der Waals surface area contributed by atoms with Crippen molar-refractivity contribution in [2.24, 2.45) is 0 Å². The maximum Gasteiger partial charge on any atom is 0.311 e. The van der Waals surface area contributed by atoms with Crippen molar-refractivity contribution in [1.82, 2.24) is 4.90 Å². The first-order valence-corrected chi connectivity index (χ1v) is 14.0. The van der Waals surface area contributed by atoms with Gasteiger partial charge in [0.15, 0.2) is 17.2 Å². The Labute approximate surface area is 247 Å². The molecule has 0 bridgehead atoms. The molecule has 42 heavy (non-hydrogen) atoms. The van der Waals surface area contributed by atoms with E-state index in [4.69, 9.17) is 14.2 Å². The van der Waals surface area contributed by atoms with Crippen LogP contribution in [0.2, 0.25) is 0 Å². The standard InChI is InChI=1S/C34H38N2O6/c1-25(14-15-26-16-18-33(40-2)34(20-26)41-3)35(22-27-10-6-4-7-11-27)23-31(37)29-17-19-32(30(21-29)36(38)39)42-24-28-12-8-5-9-13-28/h4-13,16-21,25,31,37H,14-15,22-24H2,1-3H3. The SMILES string of the molecule is COc1ccc(CCC(C)N(Cc2ccccc2)CC(O)c2ccc(OCc3ccccc3)c([N+](=O)[O-])c2)cc1OC. The number of hydrogen-bond acceptors (Lipinski definition) is 7. The molecule has 1 N–H and O–H groups in total. The summed E-state index contributed by atoms with van der Waals surface area (Å²) >= 11 is 0. The van der Waals surface area contributed by atoms with Gasteiger partial charge in [0, 0.05) is 25.2 Å². The van der Waals surface area contributed by atoms with Crippen LogP contribution in [0, 0.1) is 10.1 Å². The summed E-state index contributed by atoms with van der Waals surface area (Å²) in [7, 11) is 3.24. The second kappa shape index (κ2) is 15.0. The molecule has 4 aromatic rings. The van der Waals surface area contributed by atoms with E-state index in [1.54, 1.807) is 26.4 Å². The molecule has 0 aliphatic carbocycles. The van der Waals surface area contributed by atoms with Crippen LogP contribution in [0.4, 0.5) is 5.69 Å². The minimum atomic E-state index is -0.931. The molecule has 0 saturated heterocycles. The van der Waals surface area contributed by atoms with Crippen LogP contribution in [0.15, 0.2) is 97.1 Å². The van der Waals surface area contributed by atoms with Crippen LogP contribution in [-0.4, -0.2) is 41.7 Å². The Morgan fingerprint density at radius 2 is 1.45 bits per heavy atom. The molecular weight excluding hydrogens is 532 g/mol. The predicted molar refractivity (Wildman–Crippen MR) is 163 cm³/mol. The van der Waals surface area contributed by atoms with Crippen LogP contribution in [0.5, 0.6) is 17.2 Å². The molecule has 8 heteroatoms. The highest BCUT2D eigenvalue weighted by atomic mass is 16.6. The average Bonchev–Trinajstić information content (AvgIpc) is 3.02. The highest BCUT2D eigenvalue weighted by molar-refractivity contribution is 5.49. The van der Waals surface area contributed by atoms with Crippen LogP contribution >= 0.6 is 0 Å². The van der Waals surface area contributed by atoms with Gasteiger partial charge in [-0.05, 0) is 60.2 Å². The third-order valence-corrected chi connectivity index (χ3v) is 7.36. The highest BCUT2D eigenvalue weighted by Crippen LogP contribution is 2.32. The van der Waals surface area contributed by atoms with Gasteiger partial charge in [0.05, 0.1) is 25.2 Å². The molecule has 0 aromatic heterocycles. The Hall–Kier alpha value is -4.40. The predicted octanol–water partition coefficient (Wildman–Crippen LogP) is 6.75. The smallest absolute Gasteiger partial charge is 0.311 e. The first-order chi connectivity index (χ1) is 20.4. The lowest BCUT2D eigenvalue weighted by atomic mass is 10.0. The van der Waals surface area contributed by atoms with E-state index in [9.17, 15) is 15.2 Å². The summed E-state index contributed by atoms with van der Waals surface area (Å²) in [6, 6.07) is 30.3. The lowest BCUT2D eigenvalue weighted by molar-refractivity contribution is -0.386. The molecule has 0 amide bonds. The molecule has 0 fully saturated rings. The van der Waals surface area contributed by atoms with Crippen molar-refractivity contribution in [1.29, 1.82) is 0 Å². The zero-order valence-corrected chi connectivity index (χ0v) is 24.3. The van der Waals surface area contributed by atoms with Gasteiger partial charge in [0.1, 0.15) is 6.61 Å². The number of methoxy groups -OCH3 is 2. The first kappa shape index (κ1) is 30.6. The average molecular weight is 571 g/mol. The molecule has 2 atom stereocenters. The molecule has 2 unspecified atom stereocenters. The maximum atomic E-state index is 11.9. The van der Waals surface area contributed by atoms with E-state index in [0.717, 1.165) is 29.5 Å². The van der Waals surface area contributed by atoms with Gasteiger partial charge in [-0.3, -0.25) is 15.0 Å². The molecule has 0 heterocycles. The Bertz CT molecular complexity index is 1430. The third kappa shape index (κ3) is 8.31. The summed E-state index contributed by atoms with van der Waals surface area (Å²) in [6.45, 7) is 3.29. The van der Waals surface area contributed by atoms with Crippen molar-refractivity contribution in [3.05, 3.63) is 129 Å². The van der Waals surface area contributed by atoms with Gasteiger partial charge in [0.25, 0.3) is 0 Å². The molecule has 0 radical (unpaired) electrons. The molecule has 8 nitrogen and oxygen atoms in total. The molecule has 0 spiro atoms. The topological polar surface area (TPSA) is 94.3 Å². The summed E-state index contributed by atoms with van der Waals surface area (Å²) in [5.41, 5.74) is 3.46. The van der Waals surface area contributed by atoms with Crippen molar-refractivity contribution >= 4 is 5.69 Å². The normalized spacial score (nSPS) is 12.5. The number of aliphatic hydroxyl groups is 1. The van der Waals surface area contributed by atoms with E-state index in [-0.39, 0.29) is 24.1 Å². The van der Waals surface area contributed by atoms with E-state index in [0.29, 0.717) is 30.2 Å². The van der Waals surface area contributed by atoms with Gasteiger partial charge in [0.2, 0.25) is 0 Å². The van der Waals surface area contributed by atoms with Gasteiger partial charge >= 0.3 is 5.69 Å². The molecular formula is C34H38N2O6. The summed E-state index contributed by atoms with van der Waals surface area (Å²) in [6.07, 6.45) is 0.711. The summed E-state index contributed by atoms with van der Waals surface area (Å²) in [4.78, 5) is 13.6. The lowest BCUT2D eigenvalue weighted by Gasteiger charge is -2.31. The zero-order valence-electron chi connectivity index (χ0n) is 24.3. The Morgan fingerprint density at radius 3 is 2.10 bits per heavy atom. The number of benzene rings is 4. The summed E-state index contributed by atoms with van der Waals surface area (Å²) < 4.78 is 16.6. The fourth-order valence-corrected chi connectivity index (χ4v) is 4.88. The van der Waals surface area contributed by atoms with Crippen molar-refractivity contribution in [3.63, 3.8) is 0 Å². The molecule has 0 aliphatic rings. The third-order valence-electron chi connectivity index (χ3n) is 7.36. The summed E-state index contributed by atoms with van der Waals surface area (Å²) in [5.74, 6) is 1.55. The monoisotopic (exact) mass is 570 g/mol. The van der Waals surface area contributed by atoms with Crippen LogP contribution in [0.25, 0.3) is 0 Å². The number of nitro benzene ring substituents is 1. The molecule has 4 rings (SSSR count). The second-order valence-electron chi connectivity index (χ2n) is 10.3. The zero-order chi connectivity index (χ0) is 29.9. The lowest BCUT2D eigenvalue weighted by Crippen LogP contribution is -2.36. The molecule has 4 aromatic carbocycles. The summed E-state index contributed by atoms with van der Waals surface area (Å²) in [5, 5.41) is 23.2. The highest BCUT2D eigenvalue weighted by Gasteiger charge is 2.23. The number of nitrogens with zero attached hydrogens (tertiary/aromatic N) is 2. The maximum absolute atomic E-state index is 11.9.